The minimum atomic E-state index is -4.54. The van der Waals surface area contributed by atoms with Crippen molar-refractivity contribution in [3.8, 4) is 11.1 Å². The third-order valence-electron chi connectivity index (χ3n) is 4.04. The number of pyridine rings is 1. The Kier molecular flexibility index (Phi) is 5.97. The second-order valence-corrected chi connectivity index (χ2v) is 6.63. The molecule has 0 bridgehead atoms. The molecule has 2 heterocycles. The number of rotatable bonds is 6. The number of nitrogens with zero attached hydrogens (tertiary/aromatic N) is 3. The van der Waals surface area contributed by atoms with Gasteiger partial charge >= 0.3 is 6.18 Å². The lowest BCUT2D eigenvalue weighted by Crippen LogP contribution is -2.19. The molecule has 1 unspecified atom stereocenters. The predicted octanol–water partition coefficient (Wildman–Crippen LogP) is 4.40. The Balaban J connectivity index is 1.89. The van der Waals surface area contributed by atoms with Crippen molar-refractivity contribution in [1.82, 2.24) is 15.0 Å². The van der Waals surface area contributed by atoms with Crippen molar-refractivity contribution < 1.29 is 18.3 Å². The van der Waals surface area contributed by atoms with E-state index in [0.717, 1.165) is 29.0 Å². The number of aryl methyl sites for hydroxylation is 1. The molecular weight excluding hydrogens is 383 g/mol. The summed E-state index contributed by atoms with van der Waals surface area (Å²) in [4.78, 5) is 11.6. The van der Waals surface area contributed by atoms with E-state index in [-0.39, 0.29) is 18.6 Å². The van der Waals surface area contributed by atoms with Crippen molar-refractivity contribution in [3.05, 3.63) is 60.0 Å². The molecule has 0 amide bonds. The molecule has 0 aliphatic rings. The van der Waals surface area contributed by atoms with Gasteiger partial charge in [-0.25, -0.2) is 15.0 Å². The highest BCUT2D eigenvalue weighted by atomic mass is 19.4. The van der Waals surface area contributed by atoms with Gasteiger partial charge in [-0.05, 0) is 60.9 Å². The van der Waals surface area contributed by atoms with Gasteiger partial charge in [0.2, 0.25) is 5.95 Å². The van der Waals surface area contributed by atoms with E-state index in [1.165, 1.54) is 0 Å². The fourth-order valence-electron chi connectivity index (χ4n) is 2.71. The Morgan fingerprint density at radius 2 is 1.79 bits per heavy atom. The fraction of sp³-hybridized carbons (Fsp3) is 0.250. The monoisotopic (exact) mass is 403 g/mol. The summed E-state index contributed by atoms with van der Waals surface area (Å²) < 4.78 is 38.6. The highest BCUT2D eigenvalue weighted by Gasteiger charge is 2.32. The lowest BCUT2D eigenvalue weighted by molar-refractivity contribution is -0.141. The maximum absolute atomic E-state index is 12.9. The van der Waals surface area contributed by atoms with Crippen LogP contribution in [0.5, 0.6) is 0 Å². The number of nitrogens with one attached hydrogen (secondary N) is 2. The minimum absolute atomic E-state index is 0.0264. The first-order valence-electron chi connectivity index (χ1n) is 8.87. The number of alkyl halides is 3. The number of benzene rings is 1. The molecule has 0 radical (unpaired) electrons. The summed E-state index contributed by atoms with van der Waals surface area (Å²) in [6, 6.07) is 9.88. The average Bonchev–Trinajstić information content (AvgIpc) is 2.67. The number of aliphatic hydroxyl groups is 1. The molecule has 9 heteroatoms. The smallest absolute Gasteiger partial charge is 0.394 e. The van der Waals surface area contributed by atoms with E-state index in [1.54, 1.807) is 18.3 Å². The van der Waals surface area contributed by atoms with E-state index < -0.39 is 11.9 Å². The Morgan fingerprint density at radius 1 is 1.03 bits per heavy atom. The number of anilines is 3. The molecule has 3 aromatic rings. The molecule has 0 saturated carbocycles. The van der Waals surface area contributed by atoms with Gasteiger partial charge < -0.3 is 15.7 Å². The quantitative estimate of drug-likeness (QED) is 0.566. The lowest BCUT2D eigenvalue weighted by atomic mass is 10.0. The Labute approximate surface area is 165 Å². The second-order valence-electron chi connectivity index (χ2n) is 6.63. The normalized spacial score (nSPS) is 12.5. The van der Waals surface area contributed by atoms with Crippen LogP contribution >= 0.6 is 0 Å². The Morgan fingerprint density at radius 3 is 2.52 bits per heavy atom. The summed E-state index contributed by atoms with van der Waals surface area (Å²) in [5.74, 6) is 0.478. The summed E-state index contributed by atoms with van der Waals surface area (Å²) in [6.07, 6.45) is -1.83. The average molecular weight is 403 g/mol. The third-order valence-corrected chi connectivity index (χ3v) is 4.04. The molecule has 29 heavy (non-hydrogen) atoms. The van der Waals surface area contributed by atoms with Gasteiger partial charge in [0.1, 0.15) is 11.5 Å². The molecule has 1 atom stereocenters. The summed E-state index contributed by atoms with van der Waals surface area (Å²) in [6.45, 7) is 3.69. The number of aliphatic hydroxyl groups excluding tert-OH is 1. The van der Waals surface area contributed by atoms with Crippen LogP contribution in [0.4, 0.5) is 30.6 Å². The van der Waals surface area contributed by atoms with Gasteiger partial charge in [-0.1, -0.05) is 6.07 Å². The zero-order valence-electron chi connectivity index (χ0n) is 15.8. The molecule has 0 fully saturated rings. The van der Waals surface area contributed by atoms with Crippen molar-refractivity contribution in [2.75, 3.05) is 17.2 Å². The van der Waals surface area contributed by atoms with Crippen molar-refractivity contribution in [2.24, 2.45) is 0 Å². The molecular formula is C20H20F3N5O. The lowest BCUT2D eigenvalue weighted by Gasteiger charge is -2.14. The van der Waals surface area contributed by atoms with Crippen LogP contribution in [0.15, 0.2) is 48.8 Å². The van der Waals surface area contributed by atoms with E-state index in [4.69, 9.17) is 0 Å². The molecule has 6 nitrogen and oxygen atoms in total. The van der Waals surface area contributed by atoms with E-state index >= 15 is 0 Å². The van der Waals surface area contributed by atoms with Crippen LogP contribution in [-0.2, 0) is 6.18 Å². The van der Waals surface area contributed by atoms with Crippen LogP contribution < -0.4 is 10.6 Å². The van der Waals surface area contributed by atoms with Gasteiger partial charge in [0, 0.05) is 24.1 Å². The first-order valence-corrected chi connectivity index (χ1v) is 8.87. The fourth-order valence-corrected chi connectivity index (χ4v) is 2.71. The van der Waals surface area contributed by atoms with E-state index in [9.17, 15) is 18.3 Å². The van der Waals surface area contributed by atoms with Crippen LogP contribution in [0, 0.1) is 6.92 Å². The number of aromatic nitrogens is 3. The van der Waals surface area contributed by atoms with Crippen LogP contribution in [0.2, 0.25) is 0 Å². The van der Waals surface area contributed by atoms with Gasteiger partial charge in [0.05, 0.1) is 6.61 Å². The topological polar surface area (TPSA) is 83.0 Å². The van der Waals surface area contributed by atoms with Crippen LogP contribution in [0.25, 0.3) is 11.1 Å². The summed E-state index contributed by atoms with van der Waals surface area (Å²) in [7, 11) is 0. The van der Waals surface area contributed by atoms with E-state index in [1.807, 2.05) is 32.0 Å². The summed E-state index contributed by atoms with van der Waals surface area (Å²) in [5, 5.41) is 15.1. The molecule has 0 spiro atoms. The summed E-state index contributed by atoms with van der Waals surface area (Å²) >= 11 is 0. The van der Waals surface area contributed by atoms with Crippen molar-refractivity contribution in [3.63, 3.8) is 0 Å². The summed E-state index contributed by atoms with van der Waals surface area (Å²) in [5.41, 5.74) is 2.18. The molecule has 3 rings (SSSR count). The maximum Gasteiger partial charge on any atom is 0.433 e. The highest BCUT2D eigenvalue weighted by molar-refractivity contribution is 5.72. The predicted molar refractivity (Wildman–Crippen MR) is 105 cm³/mol. The first-order chi connectivity index (χ1) is 13.7. The first kappa shape index (κ1) is 20.5. The van der Waals surface area contributed by atoms with Crippen molar-refractivity contribution >= 4 is 17.5 Å². The molecule has 1 aromatic carbocycles. The molecule has 0 aliphatic heterocycles. The van der Waals surface area contributed by atoms with Gasteiger partial charge in [-0.15, -0.1) is 0 Å². The van der Waals surface area contributed by atoms with Gasteiger partial charge in [-0.3, -0.25) is 0 Å². The van der Waals surface area contributed by atoms with E-state index in [2.05, 4.69) is 25.6 Å². The van der Waals surface area contributed by atoms with Crippen LogP contribution in [-0.4, -0.2) is 32.7 Å². The Bertz CT molecular complexity index is 994. The highest BCUT2D eigenvalue weighted by Crippen LogP contribution is 2.30. The molecule has 152 valence electrons. The van der Waals surface area contributed by atoms with Crippen LogP contribution in [0.1, 0.15) is 18.2 Å². The molecule has 2 aromatic heterocycles. The molecule has 0 saturated heterocycles. The largest absolute Gasteiger partial charge is 0.433 e. The number of hydrogen-bond acceptors (Lipinski definition) is 6. The van der Waals surface area contributed by atoms with E-state index in [0.29, 0.717) is 11.5 Å². The molecule has 0 aliphatic carbocycles. The standard InChI is InChI=1S/C20H20F3N5O/c1-12-7-15(14-3-5-24-18(10-14)26-13(2)11-29)9-16(8-12)27-19-25-6-4-17(28-19)20(21,22)23/h3-10,13,29H,11H2,1-2H3,(H,24,26)(H,25,27,28). The maximum atomic E-state index is 12.9. The Hall–Kier alpha value is -3.20. The number of hydrogen-bond donors (Lipinski definition) is 3. The minimum Gasteiger partial charge on any atom is -0.394 e. The molecule has 3 N–H and O–H groups in total. The zero-order valence-corrected chi connectivity index (χ0v) is 15.8. The SMILES string of the molecule is Cc1cc(Nc2nccc(C(F)(F)F)n2)cc(-c2ccnc(NC(C)CO)c2)c1. The van der Waals surface area contributed by atoms with Crippen molar-refractivity contribution in [2.45, 2.75) is 26.1 Å². The number of halogens is 3. The third kappa shape index (κ3) is 5.41. The van der Waals surface area contributed by atoms with Gasteiger partial charge in [0.25, 0.3) is 0 Å². The zero-order chi connectivity index (χ0) is 21.0. The van der Waals surface area contributed by atoms with Crippen LogP contribution in [0.3, 0.4) is 0 Å². The van der Waals surface area contributed by atoms with Gasteiger partial charge in [-0.2, -0.15) is 13.2 Å². The van der Waals surface area contributed by atoms with Crippen molar-refractivity contribution in [1.29, 1.82) is 0 Å². The second kappa shape index (κ2) is 8.44. The van der Waals surface area contributed by atoms with Gasteiger partial charge in [0.15, 0.2) is 0 Å².